The lowest BCUT2D eigenvalue weighted by Gasteiger charge is -2.21. The van der Waals surface area contributed by atoms with Crippen LogP contribution in [-0.4, -0.2) is 17.0 Å². The Hall–Kier alpha value is -3.60. The van der Waals surface area contributed by atoms with Crippen molar-refractivity contribution >= 4 is 11.9 Å². The zero-order valence-corrected chi connectivity index (χ0v) is 14.5. The predicted molar refractivity (Wildman–Crippen MR) is 101 cm³/mol. The molecule has 3 aromatic rings. The van der Waals surface area contributed by atoms with E-state index in [0.717, 1.165) is 11.1 Å². The molecule has 0 heterocycles. The van der Waals surface area contributed by atoms with Crippen molar-refractivity contribution in [3.8, 4) is 5.75 Å². The SMILES string of the molecule is NC(=O)C(C(=O)OC(c1ccccc1)c1ccccc1)c1ccc(O)cc1. The van der Waals surface area contributed by atoms with Crippen LogP contribution in [0.4, 0.5) is 0 Å². The lowest BCUT2D eigenvalue weighted by atomic mass is 9.97. The molecule has 1 amide bonds. The smallest absolute Gasteiger partial charge is 0.323 e. The molecule has 0 radical (unpaired) electrons. The number of ether oxygens (including phenoxy) is 1. The van der Waals surface area contributed by atoms with Crippen LogP contribution in [-0.2, 0) is 14.3 Å². The summed E-state index contributed by atoms with van der Waals surface area (Å²) in [7, 11) is 0. The Balaban J connectivity index is 1.93. The van der Waals surface area contributed by atoms with E-state index < -0.39 is 23.9 Å². The van der Waals surface area contributed by atoms with E-state index in [-0.39, 0.29) is 5.75 Å². The first-order valence-electron chi connectivity index (χ1n) is 8.45. The summed E-state index contributed by atoms with van der Waals surface area (Å²) in [6.45, 7) is 0. The van der Waals surface area contributed by atoms with E-state index in [0.29, 0.717) is 5.56 Å². The highest BCUT2D eigenvalue weighted by Gasteiger charge is 2.31. The molecule has 0 saturated heterocycles. The van der Waals surface area contributed by atoms with Gasteiger partial charge in [0.2, 0.25) is 5.91 Å². The fraction of sp³-hybridized carbons (Fsp3) is 0.0909. The first kappa shape index (κ1) is 18.2. The Morgan fingerprint density at radius 3 is 1.67 bits per heavy atom. The Kier molecular flexibility index (Phi) is 5.52. The van der Waals surface area contributed by atoms with Crippen LogP contribution >= 0.6 is 0 Å². The molecule has 1 unspecified atom stereocenters. The maximum Gasteiger partial charge on any atom is 0.323 e. The minimum Gasteiger partial charge on any atom is -0.508 e. The van der Waals surface area contributed by atoms with Gasteiger partial charge in [-0.2, -0.15) is 0 Å². The highest BCUT2D eigenvalue weighted by Crippen LogP contribution is 2.29. The third kappa shape index (κ3) is 4.33. The Morgan fingerprint density at radius 2 is 1.22 bits per heavy atom. The summed E-state index contributed by atoms with van der Waals surface area (Å²) in [5.41, 5.74) is 7.39. The van der Waals surface area contributed by atoms with Gasteiger partial charge in [0.25, 0.3) is 0 Å². The number of hydrogen-bond acceptors (Lipinski definition) is 4. The Morgan fingerprint density at radius 1 is 0.741 bits per heavy atom. The van der Waals surface area contributed by atoms with Gasteiger partial charge in [0.05, 0.1) is 0 Å². The van der Waals surface area contributed by atoms with Crippen LogP contribution in [0.1, 0.15) is 28.7 Å². The number of aromatic hydroxyl groups is 1. The van der Waals surface area contributed by atoms with Crippen LogP contribution in [0.15, 0.2) is 84.9 Å². The summed E-state index contributed by atoms with van der Waals surface area (Å²) in [6.07, 6.45) is -0.668. The fourth-order valence-corrected chi connectivity index (χ4v) is 2.85. The minimum absolute atomic E-state index is 0.0294. The van der Waals surface area contributed by atoms with Gasteiger partial charge in [-0.1, -0.05) is 72.8 Å². The predicted octanol–water partition coefficient (Wildman–Crippen LogP) is 3.29. The Bertz CT molecular complexity index is 869. The van der Waals surface area contributed by atoms with Crippen molar-refractivity contribution in [1.29, 1.82) is 0 Å². The van der Waals surface area contributed by atoms with Crippen molar-refractivity contribution in [2.24, 2.45) is 5.73 Å². The lowest BCUT2D eigenvalue weighted by Crippen LogP contribution is -2.30. The number of phenolic OH excluding ortho intramolecular Hbond substituents is 1. The van der Waals surface area contributed by atoms with E-state index in [4.69, 9.17) is 10.5 Å². The molecule has 3 rings (SSSR count). The second-order valence-corrected chi connectivity index (χ2v) is 6.07. The zero-order valence-electron chi connectivity index (χ0n) is 14.5. The quantitative estimate of drug-likeness (QED) is 0.521. The summed E-state index contributed by atoms with van der Waals surface area (Å²) in [4.78, 5) is 24.8. The molecule has 0 aliphatic carbocycles. The average Bonchev–Trinajstić information content (AvgIpc) is 2.69. The first-order chi connectivity index (χ1) is 13.1. The van der Waals surface area contributed by atoms with Crippen LogP contribution in [0.25, 0.3) is 0 Å². The fourth-order valence-electron chi connectivity index (χ4n) is 2.85. The van der Waals surface area contributed by atoms with Crippen LogP contribution in [0.3, 0.4) is 0 Å². The van der Waals surface area contributed by atoms with Crippen molar-refractivity contribution < 1.29 is 19.4 Å². The van der Waals surface area contributed by atoms with Gasteiger partial charge >= 0.3 is 5.97 Å². The van der Waals surface area contributed by atoms with Gasteiger partial charge < -0.3 is 15.6 Å². The summed E-state index contributed by atoms with van der Waals surface area (Å²) >= 11 is 0. The molecule has 0 aliphatic rings. The van der Waals surface area contributed by atoms with Crippen LogP contribution in [0, 0.1) is 0 Å². The summed E-state index contributed by atoms with van der Waals surface area (Å²) in [6, 6.07) is 24.3. The monoisotopic (exact) mass is 361 g/mol. The van der Waals surface area contributed by atoms with Gasteiger partial charge in [0.1, 0.15) is 5.75 Å². The molecular formula is C22H19NO4. The highest BCUT2D eigenvalue weighted by molar-refractivity contribution is 6.02. The molecule has 136 valence electrons. The number of carbonyl (C=O) groups is 2. The normalized spacial score (nSPS) is 11.7. The standard InChI is InChI=1S/C22H19NO4/c23-21(25)19(15-11-13-18(24)14-12-15)22(26)27-20(16-7-3-1-4-8-16)17-9-5-2-6-10-17/h1-14,19-20,24H,(H2,23,25). The third-order valence-electron chi connectivity index (χ3n) is 4.19. The number of nitrogens with two attached hydrogens (primary N) is 1. The van der Waals surface area contributed by atoms with E-state index >= 15 is 0 Å². The number of rotatable bonds is 6. The molecule has 1 atom stereocenters. The molecule has 0 aliphatic heterocycles. The van der Waals surface area contributed by atoms with Crippen molar-refractivity contribution in [3.05, 3.63) is 102 Å². The van der Waals surface area contributed by atoms with Gasteiger partial charge in [-0.25, -0.2) is 0 Å². The molecule has 5 heteroatoms. The van der Waals surface area contributed by atoms with E-state index in [2.05, 4.69) is 0 Å². The molecular weight excluding hydrogens is 342 g/mol. The number of hydrogen-bond donors (Lipinski definition) is 2. The zero-order chi connectivity index (χ0) is 19.2. The molecule has 3 N–H and O–H groups in total. The number of carbonyl (C=O) groups excluding carboxylic acids is 2. The van der Waals surface area contributed by atoms with E-state index in [1.54, 1.807) is 0 Å². The van der Waals surface area contributed by atoms with Crippen molar-refractivity contribution in [1.82, 2.24) is 0 Å². The van der Waals surface area contributed by atoms with Gasteiger partial charge in [0, 0.05) is 0 Å². The molecule has 3 aromatic carbocycles. The largest absolute Gasteiger partial charge is 0.508 e. The van der Waals surface area contributed by atoms with E-state index in [1.165, 1.54) is 24.3 Å². The second-order valence-electron chi connectivity index (χ2n) is 6.07. The highest BCUT2D eigenvalue weighted by atomic mass is 16.5. The second kappa shape index (κ2) is 8.19. The summed E-state index contributed by atoms with van der Waals surface area (Å²) in [5, 5.41) is 9.43. The number of amides is 1. The van der Waals surface area contributed by atoms with Crippen LogP contribution < -0.4 is 5.73 Å². The topological polar surface area (TPSA) is 89.6 Å². The van der Waals surface area contributed by atoms with Crippen molar-refractivity contribution in [3.63, 3.8) is 0 Å². The molecule has 0 bridgehead atoms. The van der Waals surface area contributed by atoms with Gasteiger partial charge in [0.15, 0.2) is 12.0 Å². The third-order valence-corrected chi connectivity index (χ3v) is 4.19. The van der Waals surface area contributed by atoms with Crippen LogP contribution in [0.5, 0.6) is 5.75 Å². The van der Waals surface area contributed by atoms with Gasteiger partial charge in [-0.15, -0.1) is 0 Å². The number of benzene rings is 3. The molecule has 0 spiro atoms. The van der Waals surface area contributed by atoms with Crippen molar-refractivity contribution in [2.45, 2.75) is 12.0 Å². The van der Waals surface area contributed by atoms with E-state index in [9.17, 15) is 14.7 Å². The maximum atomic E-state index is 12.8. The molecule has 0 aromatic heterocycles. The maximum absolute atomic E-state index is 12.8. The molecule has 0 fully saturated rings. The molecule has 5 nitrogen and oxygen atoms in total. The number of primary amides is 1. The number of esters is 1. The number of phenols is 1. The lowest BCUT2D eigenvalue weighted by molar-refractivity contribution is -0.151. The minimum atomic E-state index is -1.26. The first-order valence-corrected chi connectivity index (χ1v) is 8.45. The van der Waals surface area contributed by atoms with Gasteiger partial charge in [-0.05, 0) is 28.8 Å². The molecule has 27 heavy (non-hydrogen) atoms. The van der Waals surface area contributed by atoms with Crippen LogP contribution in [0.2, 0.25) is 0 Å². The average molecular weight is 361 g/mol. The Labute approximate surface area is 157 Å². The molecule has 0 saturated carbocycles. The van der Waals surface area contributed by atoms with Gasteiger partial charge in [-0.3, -0.25) is 9.59 Å². The van der Waals surface area contributed by atoms with Crippen molar-refractivity contribution in [2.75, 3.05) is 0 Å². The van der Waals surface area contributed by atoms with E-state index in [1.807, 2.05) is 60.7 Å². The summed E-state index contributed by atoms with van der Waals surface area (Å²) < 4.78 is 5.73. The summed E-state index contributed by atoms with van der Waals surface area (Å²) in [5.74, 6) is -2.79.